The minimum absolute atomic E-state index is 0.0832. The number of rotatable bonds is 5. The minimum atomic E-state index is -0.394. The van der Waals surface area contributed by atoms with Gasteiger partial charge in [0, 0.05) is 15.7 Å². The summed E-state index contributed by atoms with van der Waals surface area (Å²) < 4.78 is 11.4. The Morgan fingerprint density at radius 2 is 1.73 bits per heavy atom. The highest BCUT2D eigenvalue weighted by atomic mass is 79.9. The number of carbonyl (C=O) groups is 2. The van der Waals surface area contributed by atoms with Gasteiger partial charge in [-0.2, -0.15) is 0 Å². The lowest BCUT2D eigenvalue weighted by atomic mass is 10.0. The molecule has 0 atom stereocenters. The van der Waals surface area contributed by atoms with Crippen LogP contribution in [0.15, 0.2) is 81.9 Å². The van der Waals surface area contributed by atoms with Gasteiger partial charge in [-0.3, -0.25) is 14.9 Å². The molecule has 0 fully saturated rings. The molecule has 0 aliphatic carbocycles. The third-order valence-electron chi connectivity index (χ3n) is 4.79. The molecule has 0 spiro atoms. The Labute approximate surface area is 203 Å². The molecule has 0 saturated heterocycles. The molecule has 7 nitrogen and oxygen atoms in total. The number of thiocarbonyl (C=S) groups is 1. The molecule has 3 aromatic carbocycles. The van der Waals surface area contributed by atoms with Crippen molar-refractivity contribution in [3.05, 3.63) is 88.8 Å². The van der Waals surface area contributed by atoms with Gasteiger partial charge in [0.15, 0.2) is 10.9 Å². The molecule has 4 aromatic rings. The van der Waals surface area contributed by atoms with E-state index in [1.807, 2.05) is 30.3 Å². The van der Waals surface area contributed by atoms with Crippen LogP contribution in [-0.4, -0.2) is 24.0 Å². The van der Waals surface area contributed by atoms with Crippen LogP contribution in [0.4, 0.5) is 11.4 Å². The van der Waals surface area contributed by atoms with Crippen molar-refractivity contribution < 1.29 is 18.7 Å². The second-order valence-electron chi connectivity index (χ2n) is 6.90. The monoisotopic (exact) mass is 523 g/mol. The van der Waals surface area contributed by atoms with Crippen molar-refractivity contribution >= 4 is 67.2 Å². The van der Waals surface area contributed by atoms with E-state index in [2.05, 4.69) is 31.9 Å². The summed E-state index contributed by atoms with van der Waals surface area (Å²) in [6, 6.07) is 19.3. The molecule has 0 aliphatic heterocycles. The fourth-order valence-corrected chi connectivity index (χ4v) is 3.98. The summed E-state index contributed by atoms with van der Waals surface area (Å²) in [5.74, 6) is -0.0759. The number of carbonyl (C=O) groups excluding carboxylic acids is 2. The smallest absolute Gasteiger partial charge is 0.291 e. The molecule has 3 N–H and O–H groups in total. The van der Waals surface area contributed by atoms with Gasteiger partial charge in [-0.05, 0) is 65.5 Å². The zero-order valence-electron chi connectivity index (χ0n) is 17.3. The standard InChI is InChI=1S/C24H18BrN3O4S/c1-31-20-11-10-14(26-23(30)21-9-4-12-32-21)13-19(20)27-24(33)28-22(29)17-7-2-6-16-15(17)5-3-8-18(16)25/h2-13H,1H3,(H,26,30)(H2,27,28,29,33). The zero-order valence-corrected chi connectivity index (χ0v) is 19.7. The van der Waals surface area contributed by atoms with Crippen LogP contribution in [0.1, 0.15) is 20.9 Å². The predicted molar refractivity (Wildman–Crippen MR) is 135 cm³/mol. The summed E-state index contributed by atoms with van der Waals surface area (Å²) in [6.07, 6.45) is 1.42. The largest absolute Gasteiger partial charge is 0.495 e. The van der Waals surface area contributed by atoms with Crippen molar-refractivity contribution in [2.24, 2.45) is 0 Å². The number of amides is 2. The third kappa shape index (κ3) is 5.05. The predicted octanol–water partition coefficient (Wildman–Crippen LogP) is 5.58. The Bertz CT molecular complexity index is 1360. The number of nitrogens with one attached hydrogen (secondary N) is 3. The normalized spacial score (nSPS) is 10.5. The van der Waals surface area contributed by atoms with E-state index in [1.54, 1.807) is 36.4 Å². The highest BCUT2D eigenvalue weighted by Gasteiger charge is 2.15. The summed E-state index contributed by atoms with van der Waals surface area (Å²) in [6.45, 7) is 0. The van der Waals surface area contributed by atoms with Crippen LogP contribution < -0.4 is 20.7 Å². The molecule has 33 heavy (non-hydrogen) atoms. The molecule has 1 heterocycles. The number of benzene rings is 3. The Hall–Kier alpha value is -3.69. The van der Waals surface area contributed by atoms with Crippen molar-refractivity contribution in [3.8, 4) is 5.75 Å². The van der Waals surface area contributed by atoms with Crippen LogP contribution in [0.3, 0.4) is 0 Å². The molecular formula is C24H18BrN3O4S. The van der Waals surface area contributed by atoms with Crippen molar-refractivity contribution in [1.29, 1.82) is 0 Å². The molecule has 0 aliphatic rings. The number of hydrogen-bond donors (Lipinski definition) is 3. The topological polar surface area (TPSA) is 92.6 Å². The summed E-state index contributed by atoms with van der Waals surface area (Å²) >= 11 is 8.86. The summed E-state index contributed by atoms with van der Waals surface area (Å²) in [7, 11) is 1.51. The Balaban J connectivity index is 1.50. The van der Waals surface area contributed by atoms with Crippen LogP contribution in [0, 0.1) is 0 Å². The van der Waals surface area contributed by atoms with E-state index in [-0.39, 0.29) is 16.8 Å². The second kappa shape index (κ2) is 9.85. The highest BCUT2D eigenvalue weighted by Crippen LogP contribution is 2.29. The van der Waals surface area contributed by atoms with E-state index in [9.17, 15) is 9.59 Å². The van der Waals surface area contributed by atoms with Gasteiger partial charge >= 0.3 is 0 Å². The van der Waals surface area contributed by atoms with Crippen LogP contribution in [0.25, 0.3) is 10.8 Å². The maximum Gasteiger partial charge on any atom is 0.291 e. The molecule has 0 saturated carbocycles. The molecule has 2 amide bonds. The van der Waals surface area contributed by atoms with Gasteiger partial charge in [-0.1, -0.05) is 40.2 Å². The minimum Gasteiger partial charge on any atom is -0.495 e. The number of hydrogen-bond acceptors (Lipinski definition) is 5. The Morgan fingerprint density at radius 3 is 2.48 bits per heavy atom. The maximum atomic E-state index is 12.9. The van der Waals surface area contributed by atoms with Crippen LogP contribution in [-0.2, 0) is 0 Å². The van der Waals surface area contributed by atoms with E-state index >= 15 is 0 Å². The lowest BCUT2D eigenvalue weighted by molar-refractivity contribution is 0.0976. The summed E-state index contributed by atoms with van der Waals surface area (Å²) in [4.78, 5) is 25.2. The first-order chi connectivity index (χ1) is 16.0. The van der Waals surface area contributed by atoms with E-state index in [4.69, 9.17) is 21.4 Å². The van der Waals surface area contributed by atoms with Crippen LogP contribution in [0.2, 0.25) is 0 Å². The second-order valence-corrected chi connectivity index (χ2v) is 8.16. The molecule has 0 unspecified atom stereocenters. The zero-order chi connectivity index (χ0) is 23.4. The molecular weight excluding hydrogens is 506 g/mol. The molecule has 4 rings (SSSR count). The quantitative estimate of drug-likeness (QED) is 0.295. The van der Waals surface area contributed by atoms with Gasteiger partial charge in [0.2, 0.25) is 0 Å². The first kappa shape index (κ1) is 22.5. The van der Waals surface area contributed by atoms with Crippen LogP contribution in [0.5, 0.6) is 5.75 Å². The lowest BCUT2D eigenvalue weighted by Crippen LogP contribution is -2.34. The summed E-state index contributed by atoms with van der Waals surface area (Å²) in [5, 5.41) is 10.2. The number of anilines is 2. The van der Waals surface area contributed by atoms with Gasteiger partial charge in [-0.25, -0.2) is 0 Å². The first-order valence-electron chi connectivity index (χ1n) is 9.78. The number of furan rings is 1. The molecule has 9 heteroatoms. The molecule has 166 valence electrons. The molecule has 0 radical (unpaired) electrons. The fourth-order valence-electron chi connectivity index (χ4n) is 3.28. The summed E-state index contributed by atoms with van der Waals surface area (Å²) in [5.41, 5.74) is 1.46. The number of methoxy groups -OCH3 is 1. The van der Waals surface area contributed by atoms with Crippen LogP contribution >= 0.6 is 28.1 Å². The van der Waals surface area contributed by atoms with E-state index < -0.39 is 5.91 Å². The van der Waals surface area contributed by atoms with Gasteiger partial charge in [-0.15, -0.1) is 0 Å². The average Bonchev–Trinajstić information content (AvgIpc) is 3.34. The number of halogens is 1. The van der Waals surface area contributed by atoms with E-state index in [1.165, 1.54) is 13.4 Å². The van der Waals surface area contributed by atoms with Crippen molar-refractivity contribution in [1.82, 2.24) is 5.32 Å². The number of ether oxygens (including phenoxy) is 1. The van der Waals surface area contributed by atoms with Gasteiger partial charge in [0.25, 0.3) is 11.8 Å². The average molecular weight is 524 g/mol. The Morgan fingerprint density at radius 1 is 0.939 bits per heavy atom. The van der Waals surface area contributed by atoms with E-state index in [0.29, 0.717) is 22.7 Å². The highest BCUT2D eigenvalue weighted by molar-refractivity contribution is 9.10. The molecule has 0 bridgehead atoms. The Kier molecular flexibility index (Phi) is 6.71. The SMILES string of the molecule is COc1ccc(NC(=O)c2ccco2)cc1NC(=S)NC(=O)c1cccc2c(Br)cccc12. The lowest BCUT2D eigenvalue weighted by Gasteiger charge is -2.15. The maximum absolute atomic E-state index is 12.9. The first-order valence-corrected chi connectivity index (χ1v) is 11.0. The van der Waals surface area contributed by atoms with Gasteiger partial charge in [0.1, 0.15) is 5.75 Å². The van der Waals surface area contributed by atoms with Gasteiger partial charge in [0.05, 0.1) is 19.1 Å². The van der Waals surface area contributed by atoms with E-state index in [0.717, 1.165) is 15.2 Å². The molecule has 1 aromatic heterocycles. The number of fused-ring (bicyclic) bond motifs is 1. The van der Waals surface area contributed by atoms with Gasteiger partial charge < -0.3 is 19.8 Å². The van der Waals surface area contributed by atoms with Crippen molar-refractivity contribution in [2.45, 2.75) is 0 Å². The van der Waals surface area contributed by atoms with Crippen molar-refractivity contribution in [2.75, 3.05) is 17.7 Å². The van der Waals surface area contributed by atoms with Crippen molar-refractivity contribution in [3.63, 3.8) is 0 Å². The third-order valence-corrected chi connectivity index (χ3v) is 5.69. The fraction of sp³-hybridized carbons (Fsp3) is 0.0417.